The van der Waals surface area contributed by atoms with Crippen LogP contribution in [0.2, 0.25) is 0 Å². The van der Waals surface area contributed by atoms with Gasteiger partial charge in [-0.05, 0) is 36.5 Å². The van der Waals surface area contributed by atoms with E-state index >= 15 is 0 Å². The highest BCUT2D eigenvalue weighted by Crippen LogP contribution is 2.16. The van der Waals surface area contributed by atoms with Gasteiger partial charge in [-0.15, -0.1) is 0 Å². The normalized spacial score (nSPS) is 12.4. The lowest BCUT2D eigenvalue weighted by Gasteiger charge is -2.12. The zero-order valence-corrected chi connectivity index (χ0v) is 10.8. The molecule has 1 heteroatoms. The summed E-state index contributed by atoms with van der Waals surface area (Å²) in [7, 11) is 0. The van der Waals surface area contributed by atoms with Crippen molar-refractivity contribution in [3.05, 3.63) is 29.8 Å². The molecule has 90 valence electrons. The lowest BCUT2D eigenvalue weighted by molar-refractivity contribution is 0.251. The first kappa shape index (κ1) is 13.1. The van der Waals surface area contributed by atoms with E-state index in [-0.39, 0.29) is 0 Å². The molecule has 0 fully saturated rings. The lowest BCUT2D eigenvalue weighted by atomic mass is 10.1. The van der Waals surface area contributed by atoms with E-state index in [9.17, 15) is 0 Å². The quantitative estimate of drug-likeness (QED) is 0.659. The van der Waals surface area contributed by atoms with Crippen molar-refractivity contribution in [2.24, 2.45) is 5.92 Å². The van der Waals surface area contributed by atoms with E-state index in [1.807, 2.05) is 0 Å². The SMILES string of the molecule is CCCc1cccc(OCC(C)CCC)c1. The fraction of sp³-hybridized carbons (Fsp3) is 0.600. The minimum absolute atomic E-state index is 0.653. The van der Waals surface area contributed by atoms with E-state index in [2.05, 4.69) is 45.0 Å². The molecule has 0 saturated heterocycles. The van der Waals surface area contributed by atoms with Gasteiger partial charge in [-0.25, -0.2) is 0 Å². The van der Waals surface area contributed by atoms with Crippen molar-refractivity contribution in [3.63, 3.8) is 0 Å². The maximum Gasteiger partial charge on any atom is 0.119 e. The second-order valence-corrected chi connectivity index (χ2v) is 4.60. The molecule has 0 aliphatic carbocycles. The Balaban J connectivity index is 2.44. The molecule has 0 N–H and O–H groups in total. The number of hydrogen-bond acceptors (Lipinski definition) is 1. The second kappa shape index (κ2) is 7.32. The molecule has 1 rings (SSSR count). The van der Waals surface area contributed by atoms with Gasteiger partial charge in [0.25, 0.3) is 0 Å². The maximum atomic E-state index is 5.81. The van der Waals surface area contributed by atoms with Crippen LogP contribution in [0.15, 0.2) is 24.3 Å². The molecule has 0 saturated carbocycles. The Morgan fingerprint density at radius 1 is 1.19 bits per heavy atom. The lowest BCUT2D eigenvalue weighted by Crippen LogP contribution is -2.08. The Morgan fingerprint density at radius 3 is 2.69 bits per heavy atom. The van der Waals surface area contributed by atoms with Gasteiger partial charge in [-0.1, -0.05) is 45.7 Å². The first-order valence-electron chi connectivity index (χ1n) is 6.48. The second-order valence-electron chi connectivity index (χ2n) is 4.60. The van der Waals surface area contributed by atoms with Crippen molar-refractivity contribution in [1.29, 1.82) is 0 Å². The highest BCUT2D eigenvalue weighted by molar-refractivity contribution is 5.28. The predicted molar refractivity (Wildman–Crippen MR) is 70.0 cm³/mol. The van der Waals surface area contributed by atoms with Gasteiger partial charge in [0.1, 0.15) is 5.75 Å². The summed E-state index contributed by atoms with van der Waals surface area (Å²) in [4.78, 5) is 0. The molecule has 0 heterocycles. The monoisotopic (exact) mass is 220 g/mol. The van der Waals surface area contributed by atoms with E-state index in [1.54, 1.807) is 0 Å². The summed E-state index contributed by atoms with van der Waals surface area (Å²) < 4.78 is 5.81. The van der Waals surface area contributed by atoms with E-state index in [0.717, 1.165) is 18.8 Å². The third-order valence-electron chi connectivity index (χ3n) is 2.75. The summed E-state index contributed by atoms with van der Waals surface area (Å²) >= 11 is 0. The van der Waals surface area contributed by atoms with E-state index in [1.165, 1.54) is 24.8 Å². The molecule has 1 aromatic carbocycles. The summed E-state index contributed by atoms with van der Waals surface area (Å²) in [5.74, 6) is 1.67. The van der Waals surface area contributed by atoms with E-state index in [4.69, 9.17) is 4.74 Å². The van der Waals surface area contributed by atoms with Crippen molar-refractivity contribution in [3.8, 4) is 5.75 Å². The smallest absolute Gasteiger partial charge is 0.119 e. The molecular weight excluding hydrogens is 196 g/mol. The third kappa shape index (κ3) is 4.69. The molecule has 1 unspecified atom stereocenters. The number of benzene rings is 1. The van der Waals surface area contributed by atoms with Crippen LogP contribution in [0.1, 0.15) is 45.6 Å². The maximum absolute atomic E-state index is 5.81. The summed E-state index contributed by atoms with van der Waals surface area (Å²) in [6, 6.07) is 8.48. The Hall–Kier alpha value is -0.980. The largest absolute Gasteiger partial charge is 0.493 e. The molecular formula is C15H24O. The van der Waals surface area contributed by atoms with Crippen LogP contribution in [0.5, 0.6) is 5.75 Å². The van der Waals surface area contributed by atoms with Gasteiger partial charge >= 0.3 is 0 Å². The van der Waals surface area contributed by atoms with Crippen LogP contribution in [-0.2, 0) is 6.42 Å². The van der Waals surface area contributed by atoms with Crippen LogP contribution in [0.4, 0.5) is 0 Å². The van der Waals surface area contributed by atoms with Crippen molar-refractivity contribution in [2.45, 2.75) is 46.5 Å². The summed E-state index contributed by atoms with van der Waals surface area (Å²) in [6.07, 6.45) is 4.81. The van der Waals surface area contributed by atoms with Gasteiger partial charge < -0.3 is 4.74 Å². The standard InChI is InChI=1S/C15H24O/c1-4-7-13(3)12-16-15-10-6-9-14(11-15)8-5-2/h6,9-11,13H,4-5,7-8,12H2,1-3H3. The van der Waals surface area contributed by atoms with Crippen molar-refractivity contribution in [2.75, 3.05) is 6.61 Å². The molecule has 16 heavy (non-hydrogen) atoms. The molecule has 0 aliphatic heterocycles. The third-order valence-corrected chi connectivity index (χ3v) is 2.75. The van der Waals surface area contributed by atoms with Crippen molar-refractivity contribution >= 4 is 0 Å². The van der Waals surface area contributed by atoms with Crippen LogP contribution in [0.25, 0.3) is 0 Å². The first-order valence-corrected chi connectivity index (χ1v) is 6.48. The fourth-order valence-corrected chi connectivity index (χ4v) is 1.89. The van der Waals surface area contributed by atoms with Crippen LogP contribution in [0, 0.1) is 5.92 Å². The number of aryl methyl sites for hydroxylation is 1. The fourth-order valence-electron chi connectivity index (χ4n) is 1.89. The molecule has 0 aliphatic rings. The van der Waals surface area contributed by atoms with E-state index in [0.29, 0.717) is 5.92 Å². The van der Waals surface area contributed by atoms with Gasteiger partial charge in [-0.3, -0.25) is 0 Å². The van der Waals surface area contributed by atoms with Gasteiger partial charge in [0.15, 0.2) is 0 Å². The van der Waals surface area contributed by atoms with Crippen LogP contribution >= 0.6 is 0 Å². The minimum atomic E-state index is 0.653. The van der Waals surface area contributed by atoms with Gasteiger partial charge in [-0.2, -0.15) is 0 Å². The minimum Gasteiger partial charge on any atom is -0.493 e. The molecule has 0 amide bonds. The molecule has 0 spiro atoms. The average molecular weight is 220 g/mol. The molecule has 0 radical (unpaired) electrons. The van der Waals surface area contributed by atoms with Gasteiger partial charge in [0.05, 0.1) is 6.61 Å². The summed E-state index contributed by atoms with van der Waals surface area (Å²) in [5.41, 5.74) is 1.38. The van der Waals surface area contributed by atoms with E-state index < -0.39 is 0 Å². The highest BCUT2D eigenvalue weighted by Gasteiger charge is 2.02. The van der Waals surface area contributed by atoms with Gasteiger partial charge in [0, 0.05) is 0 Å². The molecule has 1 aromatic rings. The first-order chi connectivity index (χ1) is 7.76. The van der Waals surface area contributed by atoms with Crippen LogP contribution < -0.4 is 4.74 Å². The zero-order valence-electron chi connectivity index (χ0n) is 10.8. The number of ether oxygens (including phenoxy) is 1. The molecule has 1 nitrogen and oxygen atoms in total. The Morgan fingerprint density at radius 2 is 2.00 bits per heavy atom. The Kier molecular flexibility index (Phi) is 5.99. The number of rotatable bonds is 7. The van der Waals surface area contributed by atoms with Crippen LogP contribution in [0.3, 0.4) is 0 Å². The number of hydrogen-bond donors (Lipinski definition) is 0. The molecule has 1 atom stereocenters. The molecule has 0 bridgehead atoms. The van der Waals surface area contributed by atoms with Crippen LogP contribution in [-0.4, -0.2) is 6.61 Å². The Bertz CT molecular complexity index is 293. The summed E-state index contributed by atoms with van der Waals surface area (Å²) in [5, 5.41) is 0. The topological polar surface area (TPSA) is 9.23 Å². The highest BCUT2D eigenvalue weighted by atomic mass is 16.5. The van der Waals surface area contributed by atoms with Crippen molar-refractivity contribution < 1.29 is 4.74 Å². The molecule has 0 aromatic heterocycles. The average Bonchev–Trinajstić information content (AvgIpc) is 2.28. The van der Waals surface area contributed by atoms with Crippen molar-refractivity contribution in [1.82, 2.24) is 0 Å². The summed E-state index contributed by atoms with van der Waals surface area (Å²) in [6.45, 7) is 7.51. The van der Waals surface area contributed by atoms with Gasteiger partial charge in [0.2, 0.25) is 0 Å². The Labute approximate surface area is 99.8 Å². The predicted octanol–water partition coefficient (Wildman–Crippen LogP) is 4.45. The zero-order chi connectivity index (χ0) is 11.8.